The van der Waals surface area contributed by atoms with Gasteiger partial charge in [0, 0.05) is 18.8 Å². The van der Waals surface area contributed by atoms with Crippen molar-refractivity contribution in [1.82, 2.24) is 4.57 Å². The SMILES string of the molecule is Cn1cccc(C2CCCCC2)c1=O. The van der Waals surface area contributed by atoms with E-state index in [1.165, 1.54) is 32.1 Å². The van der Waals surface area contributed by atoms with Crippen molar-refractivity contribution in [3.63, 3.8) is 0 Å². The Morgan fingerprint density at radius 3 is 2.71 bits per heavy atom. The molecule has 0 amide bonds. The van der Waals surface area contributed by atoms with E-state index in [2.05, 4.69) is 0 Å². The molecule has 2 heteroatoms. The van der Waals surface area contributed by atoms with Gasteiger partial charge < -0.3 is 4.57 Å². The van der Waals surface area contributed by atoms with E-state index in [1.807, 2.05) is 25.4 Å². The first-order chi connectivity index (χ1) is 6.79. The Kier molecular flexibility index (Phi) is 2.71. The lowest BCUT2D eigenvalue weighted by Crippen LogP contribution is -2.23. The van der Waals surface area contributed by atoms with Crippen LogP contribution in [0.25, 0.3) is 0 Å². The summed E-state index contributed by atoms with van der Waals surface area (Å²) in [6.45, 7) is 0. The van der Waals surface area contributed by atoms with E-state index in [-0.39, 0.29) is 5.56 Å². The highest BCUT2D eigenvalue weighted by molar-refractivity contribution is 5.16. The molecule has 0 atom stereocenters. The topological polar surface area (TPSA) is 22.0 Å². The minimum atomic E-state index is 0.194. The molecule has 0 aliphatic heterocycles. The third-order valence-corrected chi connectivity index (χ3v) is 3.20. The van der Waals surface area contributed by atoms with Crippen molar-refractivity contribution < 1.29 is 0 Å². The number of aromatic nitrogens is 1. The lowest BCUT2D eigenvalue weighted by atomic mass is 9.85. The van der Waals surface area contributed by atoms with Crippen LogP contribution in [0.5, 0.6) is 0 Å². The van der Waals surface area contributed by atoms with Gasteiger partial charge in [0.2, 0.25) is 0 Å². The second-order valence-corrected chi connectivity index (χ2v) is 4.21. The lowest BCUT2D eigenvalue weighted by molar-refractivity contribution is 0.439. The monoisotopic (exact) mass is 191 g/mol. The predicted molar refractivity (Wildman–Crippen MR) is 57.5 cm³/mol. The number of hydrogen-bond donors (Lipinski definition) is 0. The van der Waals surface area contributed by atoms with Gasteiger partial charge >= 0.3 is 0 Å². The Labute approximate surface area is 84.6 Å². The molecule has 0 bridgehead atoms. The van der Waals surface area contributed by atoms with Crippen molar-refractivity contribution in [2.75, 3.05) is 0 Å². The predicted octanol–water partition coefficient (Wildman–Crippen LogP) is 2.43. The van der Waals surface area contributed by atoms with Crippen LogP contribution in [0.3, 0.4) is 0 Å². The minimum absolute atomic E-state index is 0.194. The quantitative estimate of drug-likeness (QED) is 0.668. The Balaban J connectivity index is 2.31. The van der Waals surface area contributed by atoms with Crippen LogP contribution in [0, 0.1) is 0 Å². The second-order valence-electron chi connectivity index (χ2n) is 4.21. The molecule has 0 radical (unpaired) electrons. The average molecular weight is 191 g/mol. The Hall–Kier alpha value is -1.05. The van der Waals surface area contributed by atoms with Gasteiger partial charge in [-0.15, -0.1) is 0 Å². The van der Waals surface area contributed by atoms with Crippen LogP contribution >= 0.6 is 0 Å². The van der Waals surface area contributed by atoms with Crippen molar-refractivity contribution in [3.8, 4) is 0 Å². The molecular weight excluding hydrogens is 174 g/mol. The number of pyridine rings is 1. The van der Waals surface area contributed by atoms with Crippen molar-refractivity contribution in [2.45, 2.75) is 38.0 Å². The summed E-state index contributed by atoms with van der Waals surface area (Å²) in [7, 11) is 1.83. The molecule has 76 valence electrons. The van der Waals surface area contributed by atoms with E-state index in [4.69, 9.17) is 0 Å². The highest BCUT2D eigenvalue weighted by Crippen LogP contribution is 2.30. The van der Waals surface area contributed by atoms with E-state index < -0.39 is 0 Å². The van der Waals surface area contributed by atoms with Crippen LogP contribution in [0.15, 0.2) is 23.1 Å². The smallest absolute Gasteiger partial charge is 0.253 e. The van der Waals surface area contributed by atoms with E-state index in [9.17, 15) is 4.79 Å². The van der Waals surface area contributed by atoms with Gasteiger partial charge in [-0.3, -0.25) is 4.79 Å². The molecule has 1 aromatic heterocycles. The van der Waals surface area contributed by atoms with Crippen LogP contribution in [-0.4, -0.2) is 4.57 Å². The molecule has 0 N–H and O–H groups in total. The third kappa shape index (κ3) is 1.74. The first kappa shape index (κ1) is 9.50. The van der Waals surface area contributed by atoms with Crippen LogP contribution in [0.2, 0.25) is 0 Å². The van der Waals surface area contributed by atoms with Crippen molar-refractivity contribution in [1.29, 1.82) is 0 Å². The van der Waals surface area contributed by atoms with Gasteiger partial charge in [-0.1, -0.05) is 25.3 Å². The molecular formula is C12H17NO. The molecule has 0 saturated heterocycles. The van der Waals surface area contributed by atoms with E-state index in [0.29, 0.717) is 5.92 Å². The maximum absolute atomic E-state index is 11.8. The lowest BCUT2D eigenvalue weighted by Gasteiger charge is -2.21. The first-order valence-electron chi connectivity index (χ1n) is 5.44. The third-order valence-electron chi connectivity index (χ3n) is 3.20. The van der Waals surface area contributed by atoms with Gasteiger partial charge in [0.05, 0.1) is 0 Å². The molecule has 2 nitrogen and oxygen atoms in total. The number of aryl methyl sites for hydroxylation is 1. The van der Waals surface area contributed by atoms with Gasteiger partial charge in [0.1, 0.15) is 0 Å². The fraction of sp³-hybridized carbons (Fsp3) is 0.583. The standard InChI is InChI=1S/C12H17NO/c1-13-9-5-8-11(12(13)14)10-6-3-2-4-7-10/h5,8-10H,2-4,6-7H2,1H3. The summed E-state index contributed by atoms with van der Waals surface area (Å²) >= 11 is 0. The maximum atomic E-state index is 11.8. The fourth-order valence-corrected chi connectivity index (χ4v) is 2.34. The molecule has 0 aromatic carbocycles. The van der Waals surface area contributed by atoms with Crippen LogP contribution < -0.4 is 5.56 Å². The summed E-state index contributed by atoms with van der Waals surface area (Å²) < 4.78 is 1.68. The first-order valence-corrected chi connectivity index (χ1v) is 5.44. The Bertz CT molecular complexity index is 361. The maximum Gasteiger partial charge on any atom is 0.253 e. The zero-order chi connectivity index (χ0) is 9.97. The molecule has 1 aliphatic rings. The minimum Gasteiger partial charge on any atom is -0.318 e. The molecule has 1 aliphatic carbocycles. The fourth-order valence-electron chi connectivity index (χ4n) is 2.34. The van der Waals surface area contributed by atoms with Crippen molar-refractivity contribution >= 4 is 0 Å². The number of nitrogens with zero attached hydrogens (tertiary/aromatic N) is 1. The van der Waals surface area contributed by atoms with Crippen molar-refractivity contribution in [3.05, 3.63) is 34.2 Å². The Morgan fingerprint density at radius 2 is 2.00 bits per heavy atom. The van der Waals surface area contributed by atoms with Crippen LogP contribution in [0.1, 0.15) is 43.6 Å². The normalized spacial score (nSPS) is 18.4. The molecule has 1 saturated carbocycles. The summed E-state index contributed by atoms with van der Waals surface area (Å²) in [6.07, 6.45) is 8.11. The van der Waals surface area contributed by atoms with E-state index >= 15 is 0 Å². The summed E-state index contributed by atoms with van der Waals surface area (Å²) in [5, 5.41) is 0. The summed E-state index contributed by atoms with van der Waals surface area (Å²) in [6, 6.07) is 3.98. The molecule has 1 aromatic rings. The van der Waals surface area contributed by atoms with Gasteiger partial charge in [-0.25, -0.2) is 0 Å². The molecule has 0 spiro atoms. The largest absolute Gasteiger partial charge is 0.318 e. The summed E-state index contributed by atoms with van der Waals surface area (Å²) in [4.78, 5) is 11.8. The molecule has 2 rings (SSSR count). The van der Waals surface area contributed by atoms with E-state index in [1.54, 1.807) is 4.57 Å². The molecule has 1 fully saturated rings. The zero-order valence-electron chi connectivity index (χ0n) is 8.70. The van der Waals surface area contributed by atoms with Gasteiger partial charge in [-0.05, 0) is 24.8 Å². The van der Waals surface area contributed by atoms with Crippen LogP contribution in [-0.2, 0) is 7.05 Å². The van der Waals surface area contributed by atoms with Gasteiger partial charge in [-0.2, -0.15) is 0 Å². The van der Waals surface area contributed by atoms with Gasteiger partial charge in [0.25, 0.3) is 5.56 Å². The molecule has 14 heavy (non-hydrogen) atoms. The Morgan fingerprint density at radius 1 is 1.29 bits per heavy atom. The molecule has 0 unspecified atom stereocenters. The second kappa shape index (κ2) is 3.99. The number of rotatable bonds is 1. The average Bonchev–Trinajstić information content (AvgIpc) is 2.23. The number of hydrogen-bond acceptors (Lipinski definition) is 1. The zero-order valence-corrected chi connectivity index (χ0v) is 8.70. The highest BCUT2D eigenvalue weighted by Gasteiger charge is 2.18. The molecule has 1 heterocycles. The highest BCUT2D eigenvalue weighted by atomic mass is 16.1. The van der Waals surface area contributed by atoms with Gasteiger partial charge in [0.15, 0.2) is 0 Å². The van der Waals surface area contributed by atoms with Crippen molar-refractivity contribution in [2.24, 2.45) is 7.05 Å². The van der Waals surface area contributed by atoms with Crippen LogP contribution in [0.4, 0.5) is 0 Å². The summed E-state index contributed by atoms with van der Waals surface area (Å²) in [5.41, 5.74) is 1.22. The summed E-state index contributed by atoms with van der Waals surface area (Å²) in [5.74, 6) is 0.517. The van der Waals surface area contributed by atoms with E-state index in [0.717, 1.165) is 5.56 Å².